The first-order valence-electron chi connectivity index (χ1n) is 8.46. The predicted octanol–water partition coefficient (Wildman–Crippen LogP) is 3.60. The highest BCUT2D eigenvalue weighted by Gasteiger charge is 2.12. The Bertz CT molecular complexity index is 757. The van der Waals surface area contributed by atoms with Gasteiger partial charge < -0.3 is 19.5 Å². The summed E-state index contributed by atoms with van der Waals surface area (Å²) < 4.78 is 16.1. The lowest BCUT2D eigenvalue weighted by Gasteiger charge is -2.17. The van der Waals surface area contributed by atoms with Gasteiger partial charge in [0.25, 0.3) is 5.91 Å². The molecule has 0 spiro atoms. The molecule has 0 radical (unpaired) electrons. The lowest BCUT2D eigenvalue weighted by atomic mass is 9.92. The third kappa shape index (κ3) is 4.24. The summed E-state index contributed by atoms with van der Waals surface area (Å²) in [4.78, 5) is 12.2. The van der Waals surface area contributed by atoms with Gasteiger partial charge in [-0.3, -0.25) is 4.79 Å². The molecule has 0 fully saturated rings. The summed E-state index contributed by atoms with van der Waals surface area (Å²) in [5.41, 5.74) is 3.31. The molecule has 3 rings (SSSR count). The van der Waals surface area contributed by atoms with E-state index in [-0.39, 0.29) is 12.5 Å². The number of carbonyl (C=O) groups is 1. The lowest BCUT2D eigenvalue weighted by Crippen LogP contribution is -2.20. The van der Waals surface area contributed by atoms with Gasteiger partial charge in [0, 0.05) is 6.07 Å². The van der Waals surface area contributed by atoms with Crippen LogP contribution in [0, 0.1) is 0 Å². The summed E-state index contributed by atoms with van der Waals surface area (Å²) in [5, 5.41) is 2.80. The quantitative estimate of drug-likeness (QED) is 0.872. The van der Waals surface area contributed by atoms with Crippen LogP contribution in [0.2, 0.25) is 0 Å². The molecule has 0 saturated heterocycles. The van der Waals surface area contributed by atoms with Crippen LogP contribution >= 0.6 is 0 Å². The van der Waals surface area contributed by atoms with Crippen LogP contribution in [0.3, 0.4) is 0 Å². The first-order valence-corrected chi connectivity index (χ1v) is 8.46. The maximum atomic E-state index is 12.2. The first kappa shape index (κ1) is 17.1. The number of hydrogen-bond donors (Lipinski definition) is 1. The van der Waals surface area contributed by atoms with E-state index >= 15 is 0 Å². The molecule has 0 bridgehead atoms. The van der Waals surface area contributed by atoms with E-state index in [0.29, 0.717) is 17.2 Å². The second-order valence-corrected chi connectivity index (χ2v) is 6.04. The molecule has 2 aromatic carbocycles. The van der Waals surface area contributed by atoms with Crippen molar-refractivity contribution in [3.8, 4) is 17.2 Å². The highest BCUT2D eigenvalue weighted by Crippen LogP contribution is 2.29. The summed E-state index contributed by atoms with van der Waals surface area (Å²) in [6.07, 6.45) is 4.68. The van der Waals surface area contributed by atoms with Crippen molar-refractivity contribution < 1.29 is 19.0 Å². The van der Waals surface area contributed by atoms with Gasteiger partial charge in [-0.05, 0) is 61.1 Å². The van der Waals surface area contributed by atoms with Crippen molar-refractivity contribution in [3.05, 3.63) is 47.5 Å². The molecule has 25 heavy (non-hydrogen) atoms. The fourth-order valence-electron chi connectivity index (χ4n) is 3.04. The van der Waals surface area contributed by atoms with Crippen molar-refractivity contribution in [1.82, 2.24) is 0 Å². The van der Waals surface area contributed by atoms with E-state index in [1.165, 1.54) is 24.0 Å². The number of ether oxygens (including phenoxy) is 3. The fourth-order valence-corrected chi connectivity index (χ4v) is 3.04. The number of hydrogen-bond acceptors (Lipinski definition) is 4. The Morgan fingerprint density at radius 2 is 1.72 bits per heavy atom. The molecule has 0 saturated carbocycles. The Balaban J connectivity index is 1.60. The first-order chi connectivity index (χ1) is 12.2. The zero-order valence-corrected chi connectivity index (χ0v) is 14.6. The molecule has 5 heteroatoms. The summed E-state index contributed by atoms with van der Waals surface area (Å²) in [6.45, 7) is -0.0476. The average Bonchev–Trinajstić information content (AvgIpc) is 2.66. The number of aryl methyl sites for hydroxylation is 2. The van der Waals surface area contributed by atoms with Gasteiger partial charge in [0.2, 0.25) is 0 Å². The topological polar surface area (TPSA) is 56.8 Å². The van der Waals surface area contributed by atoms with E-state index in [0.717, 1.165) is 18.6 Å². The van der Waals surface area contributed by atoms with Crippen molar-refractivity contribution in [2.75, 3.05) is 26.1 Å². The lowest BCUT2D eigenvalue weighted by molar-refractivity contribution is -0.118. The maximum absolute atomic E-state index is 12.2. The zero-order valence-electron chi connectivity index (χ0n) is 14.6. The summed E-state index contributed by atoms with van der Waals surface area (Å²) in [5.74, 6) is 1.71. The van der Waals surface area contributed by atoms with Crippen LogP contribution in [-0.2, 0) is 17.6 Å². The Morgan fingerprint density at radius 1 is 0.960 bits per heavy atom. The number of methoxy groups -OCH3 is 2. The van der Waals surface area contributed by atoms with Crippen LogP contribution in [0.4, 0.5) is 5.69 Å². The second kappa shape index (κ2) is 7.92. The second-order valence-electron chi connectivity index (χ2n) is 6.04. The molecule has 1 aliphatic carbocycles. The van der Waals surface area contributed by atoms with Gasteiger partial charge in [-0.15, -0.1) is 0 Å². The average molecular weight is 341 g/mol. The highest BCUT2D eigenvalue weighted by atomic mass is 16.5. The van der Waals surface area contributed by atoms with Gasteiger partial charge in [-0.1, -0.05) is 6.07 Å². The van der Waals surface area contributed by atoms with Gasteiger partial charge in [-0.2, -0.15) is 0 Å². The number of amides is 1. The minimum absolute atomic E-state index is 0.0476. The van der Waals surface area contributed by atoms with E-state index in [4.69, 9.17) is 14.2 Å². The Labute approximate surface area is 147 Å². The normalized spacial score (nSPS) is 12.9. The number of nitrogens with one attached hydrogen (secondary N) is 1. The van der Waals surface area contributed by atoms with Crippen LogP contribution in [0.1, 0.15) is 24.0 Å². The zero-order chi connectivity index (χ0) is 17.6. The van der Waals surface area contributed by atoms with Gasteiger partial charge >= 0.3 is 0 Å². The summed E-state index contributed by atoms with van der Waals surface area (Å²) in [7, 11) is 3.13. The highest BCUT2D eigenvalue weighted by molar-refractivity contribution is 5.93. The standard InChI is InChI=1S/C20H23NO4/c1-23-16-9-10-18(19(12-16)24-2)21-20(22)13-25-17-8-7-14-5-3-4-6-15(14)11-17/h7-12H,3-6,13H2,1-2H3,(H,21,22). The van der Waals surface area contributed by atoms with Crippen LogP contribution in [-0.4, -0.2) is 26.7 Å². The Kier molecular flexibility index (Phi) is 5.43. The molecule has 0 atom stereocenters. The van der Waals surface area contributed by atoms with Gasteiger partial charge in [-0.25, -0.2) is 0 Å². The Hall–Kier alpha value is -2.69. The van der Waals surface area contributed by atoms with Crippen LogP contribution in [0.25, 0.3) is 0 Å². The largest absolute Gasteiger partial charge is 0.497 e. The van der Waals surface area contributed by atoms with Crippen LogP contribution in [0.5, 0.6) is 17.2 Å². The van der Waals surface area contributed by atoms with Crippen LogP contribution in [0.15, 0.2) is 36.4 Å². The predicted molar refractivity (Wildman–Crippen MR) is 96.8 cm³/mol. The van der Waals surface area contributed by atoms with E-state index in [1.54, 1.807) is 32.4 Å². The molecular formula is C20H23NO4. The number of benzene rings is 2. The molecular weight excluding hydrogens is 318 g/mol. The molecule has 2 aromatic rings. The molecule has 1 N–H and O–H groups in total. The summed E-state index contributed by atoms with van der Waals surface area (Å²) in [6, 6.07) is 11.3. The molecule has 5 nitrogen and oxygen atoms in total. The van der Waals surface area contributed by atoms with Crippen molar-refractivity contribution in [1.29, 1.82) is 0 Å². The van der Waals surface area contributed by atoms with Crippen molar-refractivity contribution in [2.45, 2.75) is 25.7 Å². The third-order valence-electron chi connectivity index (χ3n) is 4.37. The van der Waals surface area contributed by atoms with Crippen molar-refractivity contribution in [2.24, 2.45) is 0 Å². The molecule has 0 aliphatic heterocycles. The number of anilines is 1. The molecule has 0 heterocycles. The number of carbonyl (C=O) groups excluding carboxylic acids is 1. The van der Waals surface area contributed by atoms with Gasteiger partial charge in [0.15, 0.2) is 6.61 Å². The molecule has 0 unspecified atom stereocenters. The van der Waals surface area contributed by atoms with Crippen molar-refractivity contribution >= 4 is 11.6 Å². The monoisotopic (exact) mass is 341 g/mol. The SMILES string of the molecule is COc1ccc(NC(=O)COc2ccc3c(c2)CCCC3)c(OC)c1. The molecule has 0 aromatic heterocycles. The smallest absolute Gasteiger partial charge is 0.262 e. The summed E-state index contributed by atoms with van der Waals surface area (Å²) >= 11 is 0. The number of rotatable bonds is 6. The molecule has 1 aliphatic rings. The van der Waals surface area contributed by atoms with E-state index in [1.807, 2.05) is 6.07 Å². The molecule has 132 valence electrons. The van der Waals surface area contributed by atoms with Crippen molar-refractivity contribution in [3.63, 3.8) is 0 Å². The van der Waals surface area contributed by atoms with Gasteiger partial charge in [0.05, 0.1) is 19.9 Å². The molecule has 1 amide bonds. The Morgan fingerprint density at radius 3 is 2.48 bits per heavy atom. The van der Waals surface area contributed by atoms with Gasteiger partial charge in [0.1, 0.15) is 17.2 Å². The number of fused-ring (bicyclic) bond motifs is 1. The minimum Gasteiger partial charge on any atom is -0.497 e. The van der Waals surface area contributed by atoms with Crippen LogP contribution < -0.4 is 19.5 Å². The fraction of sp³-hybridized carbons (Fsp3) is 0.350. The third-order valence-corrected chi connectivity index (χ3v) is 4.37. The maximum Gasteiger partial charge on any atom is 0.262 e. The minimum atomic E-state index is -0.235. The van der Waals surface area contributed by atoms with E-state index in [9.17, 15) is 4.79 Å². The van der Waals surface area contributed by atoms with E-state index in [2.05, 4.69) is 17.4 Å². The van der Waals surface area contributed by atoms with E-state index < -0.39 is 0 Å².